The predicted octanol–water partition coefficient (Wildman–Crippen LogP) is 4.93. The molecule has 0 bridgehead atoms. The Kier molecular flexibility index (Phi) is 4.77. The molecule has 122 valence electrons. The van der Waals surface area contributed by atoms with Crippen molar-refractivity contribution in [2.45, 2.75) is 43.4 Å². The molecule has 0 N–H and O–H groups in total. The first-order valence-corrected chi connectivity index (χ1v) is 9.91. The lowest BCUT2D eigenvalue weighted by molar-refractivity contribution is 0.185. The summed E-state index contributed by atoms with van der Waals surface area (Å²) in [6.07, 6.45) is 7.08. The highest BCUT2D eigenvalue weighted by Gasteiger charge is 2.29. The van der Waals surface area contributed by atoms with E-state index in [-0.39, 0.29) is 0 Å². The van der Waals surface area contributed by atoms with E-state index in [0.29, 0.717) is 5.25 Å². The number of ether oxygens (including phenoxy) is 1. The maximum Gasteiger partial charge on any atom is 0.127 e. The van der Waals surface area contributed by atoms with E-state index in [1.807, 2.05) is 0 Å². The molecule has 2 aromatic rings. The Balaban J connectivity index is 1.36. The SMILES string of the molecule is c1ccc2c(OC[C@H]3CN(C4CCCCC4)CS3)cccc2c1. The minimum atomic E-state index is 0.607. The van der Waals surface area contributed by atoms with Gasteiger partial charge in [-0.3, -0.25) is 4.90 Å². The maximum absolute atomic E-state index is 6.19. The van der Waals surface area contributed by atoms with Gasteiger partial charge in [0.15, 0.2) is 0 Å². The van der Waals surface area contributed by atoms with Gasteiger partial charge in [-0.05, 0) is 24.3 Å². The Morgan fingerprint density at radius 2 is 1.83 bits per heavy atom. The molecule has 2 nitrogen and oxygen atoms in total. The Hall–Kier alpha value is -1.19. The normalized spacial score (nSPS) is 23.4. The molecule has 1 aliphatic carbocycles. The molecule has 0 spiro atoms. The fourth-order valence-electron chi connectivity index (χ4n) is 3.87. The number of rotatable bonds is 4. The number of hydrogen-bond acceptors (Lipinski definition) is 3. The number of hydrogen-bond donors (Lipinski definition) is 0. The summed E-state index contributed by atoms with van der Waals surface area (Å²) >= 11 is 2.07. The summed E-state index contributed by atoms with van der Waals surface area (Å²) in [5.41, 5.74) is 0. The van der Waals surface area contributed by atoms with Gasteiger partial charge in [0.25, 0.3) is 0 Å². The van der Waals surface area contributed by atoms with Gasteiger partial charge in [-0.25, -0.2) is 0 Å². The van der Waals surface area contributed by atoms with Crippen LogP contribution < -0.4 is 4.74 Å². The van der Waals surface area contributed by atoms with Crippen LogP contribution in [0.25, 0.3) is 10.8 Å². The Bertz CT molecular complexity index is 648. The molecule has 1 saturated carbocycles. The molecule has 0 amide bonds. The fraction of sp³-hybridized carbons (Fsp3) is 0.500. The second kappa shape index (κ2) is 7.14. The molecule has 4 rings (SSSR count). The Morgan fingerprint density at radius 1 is 1.00 bits per heavy atom. The van der Waals surface area contributed by atoms with E-state index in [1.54, 1.807) is 0 Å². The molecular weight excluding hydrogens is 302 g/mol. The molecule has 1 saturated heterocycles. The molecule has 3 heteroatoms. The van der Waals surface area contributed by atoms with Crippen molar-refractivity contribution in [1.82, 2.24) is 4.90 Å². The Morgan fingerprint density at radius 3 is 2.74 bits per heavy atom. The lowest BCUT2D eigenvalue weighted by Gasteiger charge is -2.30. The van der Waals surface area contributed by atoms with Crippen LogP contribution in [0.4, 0.5) is 0 Å². The van der Waals surface area contributed by atoms with E-state index in [9.17, 15) is 0 Å². The van der Waals surface area contributed by atoms with Crippen molar-refractivity contribution in [1.29, 1.82) is 0 Å². The van der Waals surface area contributed by atoms with E-state index in [1.165, 1.54) is 55.3 Å². The monoisotopic (exact) mass is 327 g/mol. The van der Waals surface area contributed by atoms with Crippen LogP contribution in [0.2, 0.25) is 0 Å². The first-order chi connectivity index (χ1) is 11.4. The maximum atomic E-state index is 6.19. The molecule has 1 heterocycles. The van der Waals surface area contributed by atoms with Gasteiger partial charge in [-0.1, -0.05) is 55.7 Å². The largest absolute Gasteiger partial charge is 0.492 e. The molecule has 0 unspecified atom stereocenters. The standard InChI is InChI=1S/C20H25NOS/c1-2-9-17(10-3-1)21-13-18(23-15-21)14-22-20-12-6-8-16-7-4-5-11-19(16)20/h4-8,11-12,17-18H,1-3,9-10,13-15H2/t18-/m1/s1. The van der Waals surface area contributed by atoms with E-state index >= 15 is 0 Å². The van der Waals surface area contributed by atoms with Crippen LogP contribution in [0.5, 0.6) is 5.75 Å². The summed E-state index contributed by atoms with van der Waals surface area (Å²) in [5, 5.41) is 3.09. The third kappa shape index (κ3) is 3.51. The zero-order valence-electron chi connectivity index (χ0n) is 13.6. The molecule has 2 aliphatic rings. The van der Waals surface area contributed by atoms with Crippen molar-refractivity contribution in [2.75, 3.05) is 19.0 Å². The number of fused-ring (bicyclic) bond motifs is 1. The topological polar surface area (TPSA) is 12.5 Å². The molecular formula is C20H25NOS. The van der Waals surface area contributed by atoms with Gasteiger partial charge in [0.05, 0.1) is 5.25 Å². The number of benzene rings is 2. The summed E-state index contributed by atoms with van der Waals surface area (Å²) < 4.78 is 6.19. The van der Waals surface area contributed by atoms with Crippen molar-refractivity contribution in [3.63, 3.8) is 0 Å². The average molecular weight is 327 g/mol. The molecule has 1 aliphatic heterocycles. The quantitative estimate of drug-likeness (QED) is 0.790. The summed E-state index contributed by atoms with van der Waals surface area (Å²) in [5.74, 6) is 2.22. The minimum Gasteiger partial charge on any atom is -0.492 e. The lowest BCUT2D eigenvalue weighted by atomic mass is 9.94. The van der Waals surface area contributed by atoms with E-state index in [0.717, 1.165) is 18.4 Å². The van der Waals surface area contributed by atoms with E-state index < -0.39 is 0 Å². The van der Waals surface area contributed by atoms with Gasteiger partial charge in [0, 0.05) is 23.8 Å². The number of nitrogens with zero attached hydrogens (tertiary/aromatic N) is 1. The van der Waals surface area contributed by atoms with Gasteiger partial charge >= 0.3 is 0 Å². The van der Waals surface area contributed by atoms with Gasteiger partial charge in [0.1, 0.15) is 12.4 Å². The zero-order valence-corrected chi connectivity index (χ0v) is 14.4. The highest BCUT2D eigenvalue weighted by atomic mass is 32.2. The van der Waals surface area contributed by atoms with Crippen LogP contribution in [0.1, 0.15) is 32.1 Å². The first-order valence-electron chi connectivity index (χ1n) is 8.86. The van der Waals surface area contributed by atoms with E-state index in [2.05, 4.69) is 59.1 Å². The summed E-state index contributed by atoms with van der Waals surface area (Å²) in [4.78, 5) is 2.70. The lowest BCUT2D eigenvalue weighted by Crippen LogP contribution is -2.36. The summed E-state index contributed by atoms with van der Waals surface area (Å²) in [6, 6.07) is 15.6. The van der Waals surface area contributed by atoms with Crippen LogP contribution in [0.3, 0.4) is 0 Å². The number of thioether (sulfide) groups is 1. The van der Waals surface area contributed by atoms with Crippen molar-refractivity contribution in [2.24, 2.45) is 0 Å². The smallest absolute Gasteiger partial charge is 0.127 e. The van der Waals surface area contributed by atoms with Crippen LogP contribution >= 0.6 is 11.8 Å². The molecule has 2 fully saturated rings. The van der Waals surface area contributed by atoms with Gasteiger partial charge in [-0.2, -0.15) is 0 Å². The second-order valence-electron chi connectivity index (χ2n) is 6.77. The third-order valence-corrected chi connectivity index (χ3v) is 6.42. The summed E-state index contributed by atoms with van der Waals surface area (Å²) in [6.45, 7) is 2.02. The average Bonchev–Trinajstić information content (AvgIpc) is 3.10. The fourth-order valence-corrected chi connectivity index (χ4v) is 5.05. The van der Waals surface area contributed by atoms with Crippen LogP contribution in [0, 0.1) is 0 Å². The second-order valence-corrected chi connectivity index (χ2v) is 8.03. The van der Waals surface area contributed by atoms with Gasteiger partial charge < -0.3 is 4.74 Å². The van der Waals surface area contributed by atoms with E-state index in [4.69, 9.17) is 4.74 Å². The van der Waals surface area contributed by atoms with Crippen molar-refractivity contribution >= 4 is 22.5 Å². The van der Waals surface area contributed by atoms with Gasteiger partial charge in [-0.15, -0.1) is 11.8 Å². The van der Waals surface area contributed by atoms with Crippen molar-refractivity contribution in [3.8, 4) is 5.75 Å². The molecule has 0 radical (unpaired) electrons. The summed E-state index contributed by atoms with van der Waals surface area (Å²) in [7, 11) is 0. The zero-order chi connectivity index (χ0) is 15.5. The third-order valence-electron chi connectivity index (χ3n) is 5.18. The highest BCUT2D eigenvalue weighted by molar-refractivity contribution is 8.00. The molecule has 1 atom stereocenters. The van der Waals surface area contributed by atoms with Crippen LogP contribution in [-0.4, -0.2) is 35.2 Å². The van der Waals surface area contributed by atoms with Crippen LogP contribution in [0.15, 0.2) is 42.5 Å². The van der Waals surface area contributed by atoms with Crippen molar-refractivity contribution in [3.05, 3.63) is 42.5 Å². The Labute approximate surface area is 143 Å². The highest BCUT2D eigenvalue weighted by Crippen LogP contribution is 2.32. The first kappa shape index (κ1) is 15.3. The molecule has 2 aromatic carbocycles. The molecule has 23 heavy (non-hydrogen) atoms. The minimum absolute atomic E-state index is 0.607. The van der Waals surface area contributed by atoms with Crippen LogP contribution in [-0.2, 0) is 0 Å². The van der Waals surface area contributed by atoms with Crippen molar-refractivity contribution < 1.29 is 4.74 Å². The van der Waals surface area contributed by atoms with Gasteiger partial charge in [0.2, 0.25) is 0 Å². The predicted molar refractivity (Wildman–Crippen MR) is 99.3 cm³/mol. The molecule has 0 aromatic heterocycles.